The van der Waals surface area contributed by atoms with Gasteiger partial charge in [0.15, 0.2) is 11.5 Å². The largest absolute Gasteiger partial charge is 0.486 e. The zero-order chi connectivity index (χ0) is 13.9. The fraction of sp³-hybridized carbons (Fsp3) is 0.533. The number of halogens is 1. The van der Waals surface area contributed by atoms with Gasteiger partial charge in [0, 0.05) is 22.5 Å². The molecule has 1 N–H and O–H groups in total. The zero-order valence-electron chi connectivity index (χ0n) is 11.3. The second kappa shape index (κ2) is 6.04. The molecule has 0 spiro atoms. The smallest absolute Gasteiger partial charge is 0.227 e. The van der Waals surface area contributed by atoms with E-state index in [-0.39, 0.29) is 11.8 Å². The van der Waals surface area contributed by atoms with E-state index in [1.54, 1.807) is 0 Å². The third-order valence-electron chi connectivity index (χ3n) is 3.87. The molecule has 0 unspecified atom stereocenters. The Morgan fingerprint density at radius 1 is 1.10 bits per heavy atom. The zero-order valence-corrected chi connectivity index (χ0v) is 12.9. The number of benzene rings is 1. The molecule has 20 heavy (non-hydrogen) atoms. The molecule has 0 radical (unpaired) electrons. The Balaban J connectivity index is 1.74. The first-order valence-corrected chi connectivity index (χ1v) is 7.93. The topological polar surface area (TPSA) is 47.6 Å². The van der Waals surface area contributed by atoms with E-state index in [9.17, 15) is 4.79 Å². The van der Waals surface area contributed by atoms with Crippen LogP contribution in [0.2, 0.25) is 0 Å². The molecule has 108 valence electrons. The molecule has 1 amide bonds. The minimum Gasteiger partial charge on any atom is -0.486 e. The normalized spacial score (nSPS) is 18.6. The molecule has 1 aromatic rings. The van der Waals surface area contributed by atoms with E-state index in [2.05, 4.69) is 21.2 Å². The van der Waals surface area contributed by atoms with Crippen molar-refractivity contribution in [2.24, 2.45) is 5.92 Å². The number of carbonyl (C=O) groups is 1. The molecule has 2 aliphatic rings. The molecule has 0 aromatic heterocycles. The van der Waals surface area contributed by atoms with Gasteiger partial charge in [-0.1, -0.05) is 19.3 Å². The van der Waals surface area contributed by atoms with Crippen LogP contribution in [0.4, 0.5) is 5.69 Å². The van der Waals surface area contributed by atoms with Crippen LogP contribution >= 0.6 is 15.9 Å². The molecular weight excluding hydrogens is 322 g/mol. The summed E-state index contributed by atoms with van der Waals surface area (Å²) < 4.78 is 11.9. The number of fused-ring (bicyclic) bond motifs is 1. The number of rotatable bonds is 2. The fourth-order valence-electron chi connectivity index (χ4n) is 2.76. The molecule has 1 aromatic carbocycles. The van der Waals surface area contributed by atoms with Crippen molar-refractivity contribution in [3.05, 3.63) is 16.6 Å². The van der Waals surface area contributed by atoms with Gasteiger partial charge in [-0.15, -0.1) is 0 Å². The van der Waals surface area contributed by atoms with Gasteiger partial charge in [0.25, 0.3) is 0 Å². The van der Waals surface area contributed by atoms with Crippen molar-refractivity contribution in [2.45, 2.75) is 32.1 Å². The SMILES string of the molecule is O=C(Nc1cc2c(cc1Br)OCCO2)C1CCCCC1. The molecule has 5 heteroatoms. The summed E-state index contributed by atoms with van der Waals surface area (Å²) in [4.78, 5) is 12.3. The Kier molecular flexibility index (Phi) is 4.15. The van der Waals surface area contributed by atoms with Crippen LogP contribution in [-0.2, 0) is 4.79 Å². The minimum atomic E-state index is 0.113. The van der Waals surface area contributed by atoms with E-state index in [1.165, 1.54) is 6.42 Å². The number of ether oxygens (including phenoxy) is 2. The van der Waals surface area contributed by atoms with Gasteiger partial charge in [0.1, 0.15) is 13.2 Å². The molecular formula is C15H18BrNO3. The van der Waals surface area contributed by atoms with Crippen molar-refractivity contribution >= 4 is 27.5 Å². The Morgan fingerprint density at radius 2 is 1.75 bits per heavy atom. The van der Waals surface area contributed by atoms with E-state index < -0.39 is 0 Å². The maximum absolute atomic E-state index is 12.3. The first-order chi connectivity index (χ1) is 9.74. The Bertz CT molecular complexity index is 512. The maximum atomic E-state index is 12.3. The van der Waals surface area contributed by atoms with Gasteiger partial charge in [-0.25, -0.2) is 0 Å². The lowest BCUT2D eigenvalue weighted by Crippen LogP contribution is -2.25. The molecule has 3 rings (SSSR count). The lowest BCUT2D eigenvalue weighted by Gasteiger charge is -2.23. The van der Waals surface area contributed by atoms with E-state index >= 15 is 0 Å². The number of amides is 1. The van der Waals surface area contributed by atoms with Gasteiger partial charge in [0.2, 0.25) is 5.91 Å². The monoisotopic (exact) mass is 339 g/mol. The summed E-state index contributed by atoms with van der Waals surface area (Å²) in [6.07, 6.45) is 5.54. The van der Waals surface area contributed by atoms with Crippen LogP contribution in [0.3, 0.4) is 0 Å². The Labute approximate surface area is 127 Å². The maximum Gasteiger partial charge on any atom is 0.227 e. The molecule has 1 heterocycles. The summed E-state index contributed by atoms with van der Waals surface area (Å²) in [7, 11) is 0. The van der Waals surface area contributed by atoms with Gasteiger partial charge >= 0.3 is 0 Å². The van der Waals surface area contributed by atoms with E-state index in [0.29, 0.717) is 19.0 Å². The van der Waals surface area contributed by atoms with Gasteiger partial charge in [0.05, 0.1) is 5.69 Å². The highest BCUT2D eigenvalue weighted by atomic mass is 79.9. The fourth-order valence-corrected chi connectivity index (χ4v) is 3.18. The van der Waals surface area contributed by atoms with Crippen LogP contribution in [0.1, 0.15) is 32.1 Å². The predicted octanol–water partition coefficient (Wildman–Crippen LogP) is 3.74. The van der Waals surface area contributed by atoms with E-state index in [0.717, 1.165) is 41.6 Å². The van der Waals surface area contributed by atoms with Crippen LogP contribution < -0.4 is 14.8 Å². The van der Waals surface area contributed by atoms with Crippen molar-refractivity contribution in [3.8, 4) is 11.5 Å². The molecule has 1 aliphatic heterocycles. The number of anilines is 1. The van der Waals surface area contributed by atoms with Crippen molar-refractivity contribution < 1.29 is 14.3 Å². The first-order valence-electron chi connectivity index (χ1n) is 7.14. The number of carbonyl (C=O) groups excluding carboxylic acids is 1. The quantitative estimate of drug-likeness (QED) is 0.892. The van der Waals surface area contributed by atoms with Crippen molar-refractivity contribution in [1.82, 2.24) is 0 Å². The number of hydrogen-bond acceptors (Lipinski definition) is 3. The highest BCUT2D eigenvalue weighted by Crippen LogP contribution is 2.38. The highest BCUT2D eigenvalue weighted by Gasteiger charge is 2.23. The first kappa shape index (κ1) is 13.7. The highest BCUT2D eigenvalue weighted by molar-refractivity contribution is 9.10. The lowest BCUT2D eigenvalue weighted by molar-refractivity contribution is -0.120. The second-order valence-corrected chi connectivity index (χ2v) is 6.15. The summed E-state index contributed by atoms with van der Waals surface area (Å²) in [5, 5.41) is 3.01. The Morgan fingerprint density at radius 3 is 2.45 bits per heavy atom. The molecule has 0 saturated heterocycles. The van der Waals surface area contributed by atoms with Crippen molar-refractivity contribution in [2.75, 3.05) is 18.5 Å². The van der Waals surface area contributed by atoms with Crippen LogP contribution in [0.25, 0.3) is 0 Å². The third kappa shape index (κ3) is 2.92. The summed E-state index contributed by atoms with van der Waals surface area (Å²) in [5.74, 6) is 1.67. The van der Waals surface area contributed by atoms with Gasteiger partial charge in [-0.05, 0) is 28.8 Å². The van der Waals surface area contributed by atoms with Crippen molar-refractivity contribution in [3.63, 3.8) is 0 Å². The van der Waals surface area contributed by atoms with E-state index in [4.69, 9.17) is 9.47 Å². The van der Waals surface area contributed by atoms with Crippen LogP contribution in [0, 0.1) is 5.92 Å². The summed E-state index contributed by atoms with van der Waals surface area (Å²) in [6, 6.07) is 3.68. The second-order valence-electron chi connectivity index (χ2n) is 5.30. The van der Waals surface area contributed by atoms with Crippen LogP contribution in [0.15, 0.2) is 16.6 Å². The summed E-state index contributed by atoms with van der Waals surface area (Å²) in [6.45, 7) is 1.11. The summed E-state index contributed by atoms with van der Waals surface area (Å²) >= 11 is 3.48. The van der Waals surface area contributed by atoms with Crippen molar-refractivity contribution in [1.29, 1.82) is 0 Å². The molecule has 0 atom stereocenters. The molecule has 0 bridgehead atoms. The average Bonchev–Trinajstić information content (AvgIpc) is 2.49. The minimum absolute atomic E-state index is 0.113. The molecule has 1 aliphatic carbocycles. The van der Waals surface area contributed by atoms with Crippen LogP contribution in [0.5, 0.6) is 11.5 Å². The molecule has 1 saturated carbocycles. The van der Waals surface area contributed by atoms with Gasteiger partial charge in [-0.3, -0.25) is 4.79 Å². The van der Waals surface area contributed by atoms with Gasteiger partial charge < -0.3 is 14.8 Å². The lowest BCUT2D eigenvalue weighted by atomic mass is 9.88. The summed E-state index contributed by atoms with van der Waals surface area (Å²) in [5.41, 5.74) is 0.754. The predicted molar refractivity (Wildman–Crippen MR) is 80.3 cm³/mol. The average molecular weight is 340 g/mol. The number of hydrogen-bond donors (Lipinski definition) is 1. The standard InChI is InChI=1S/C15H18BrNO3/c16-11-8-13-14(20-7-6-19-13)9-12(11)17-15(18)10-4-2-1-3-5-10/h8-10H,1-7H2,(H,17,18). The van der Waals surface area contributed by atoms with E-state index in [1.807, 2.05) is 12.1 Å². The van der Waals surface area contributed by atoms with Crippen LogP contribution in [-0.4, -0.2) is 19.1 Å². The molecule has 1 fully saturated rings. The Hall–Kier alpha value is -1.23. The number of nitrogens with one attached hydrogen (secondary N) is 1. The third-order valence-corrected chi connectivity index (χ3v) is 4.52. The molecule has 4 nitrogen and oxygen atoms in total. The van der Waals surface area contributed by atoms with Gasteiger partial charge in [-0.2, -0.15) is 0 Å².